The SMILES string of the molecule is O=C(O)c1cc(NS(=O)(=O)c2ccc3c(c2)CCCC3)ccc1N1CCC(N2CCCCC2)CC1. The first kappa shape index (κ1) is 24.1. The second kappa shape index (κ2) is 10.2. The minimum absolute atomic E-state index is 0.132. The van der Waals surface area contributed by atoms with Gasteiger partial charge < -0.3 is 14.9 Å². The molecule has 2 aliphatic heterocycles. The minimum Gasteiger partial charge on any atom is -0.478 e. The first-order valence-electron chi connectivity index (χ1n) is 12.9. The van der Waals surface area contributed by atoms with Crippen molar-refractivity contribution in [2.75, 3.05) is 35.8 Å². The van der Waals surface area contributed by atoms with Crippen molar-refractivity contribution >= 4 is 27.4 Å². The number of fused-ring (bicyclic) bond motifs is 1. The molecule has 188 valence electrons. The van der Waals surface area contributed by atoms with Crippen LogP contribution in [0, 0.1) is 0 Å². The molecule has 8 heteroatoms. The van der Waals surface area contributed by atoms with Crippen LogP contribution in [0.5, 0.6) is 0 Å². The Balaban J connectivity index is 1.31. The monoisotopic (exact) mass is 497 g/mol. The lowest BCUT2D eigenvalue weighted by molar-refractivity contribution is 0.0697. The molecule has 3 aliphatic rings. The van der Waals surface area contributed by atoms with Gasteiger partial charge in [-0.1, -0.05) is 12.5 Å². The van der Waals surface area contributed by atoms with Crippen molar-refractivity contribution in [3.63, 3.8) is 0 Å². The number of rotatable bonds is 6. The summed E-state index contributed by atoms with van der Waals surface area (Å²) in [6, 6.07) is 10.8. The molecule has 2 heterocycles. The molecule has 2 N–H and O–H groups in total. The number of anilines is 2. The van der Waals surface area contributed by atoms with Crippen molar-refractivity contribution < 1.29 is 18.3 Å². The fraction of sp³-hybridized carbons (Fsp3) is 0.519. The average molecular weight is 498 g/mol. The first-order valence-corrected chi connectivity index (χ1v) is 14.4. The first-order chi connectivity index (χ1) is 16.9. The molecule has 0 aromatic heterocycles. The van der Waals surface area contributed by atoms with Crippen LogP contribution in [0.3, 0.4) is 0 Å². The number of carbonyl (C=O) groups is 1. The minimum atomic E-state index is -3.81. The van der Waals surface area contributed by atoms with Gasteiger partial charge in [0.25, 0.3) is 10.0 Å². The highest BCUT2D eigenvalue weighted by atomic mass is 32.2. The van der Waals surface area contributed by atoms with Gasteiger partial charge in [-0.15, -0.1) is 0 Å². The summed E-state index contributed by atoms with van der Waals surface area (Å²) >= 11 is 0. The van der Waals surface area contributed by atoms with Gasteiger partial charge in [-0.2, -0.15) is 0 Å². The van der Waals surface area contributed by atoms with E-state index in [0.717, 1.165) is 57.2 Å². The molecule has 2 saturated heterocycles. The van der Waals surface area contributed by atoms with Crippen LogP contribution in [0.4, 0.5) is 11.4 Å². The Labute approximate surface area is 208 Å². The van der Waals surface area contributed by atoms with Crippen molar-refractivity contribution in [1.29, 1.82) is 0 Å². The van der Waals surface area contributed by atoms with E-state index in [9.17, 15) is 18.3 Å². The van der Waals surface area contributed by atoms with Crippen LogP contribution in [0.15, 0.2) is 41.3 Å². The number of likely N-dealkylation sites (tertiary alicyclic amines) is 1. The van der Waals surface area contributed by atoms with Gasteiger partial charge in [0.1, 0.15) is 0 Å². The van der Waals surface area contributed by atoms with Crippen molar-refractivity contribution in [2.45, 2.75) is 68.7 Å². The molecule has 35 heavy (non-hydrogen) atoms. The maximum Gasteiger partial charge on any atom is 0.337 e. The molecule has 0 saturated carbocycles. The summed E-state index contributed by atoms with van der Waals surface area (Å²) in [7, 11) is -3.81. The zero-order chi connectivity index (χ0) is 24.4. The number of aryl methyl sites for hydroxylation is 2. The maximum atomic E-state index is 13.1. The predicted octanol–water partition coefficient (Wildman–Crippen LogP) is 4.52. The van der Waals surface area contributed by atoms with E-state index in [1.807, 2.05) is 6.07 Å². The van der Waals surface area contributed by atoms with Gasteiger partial charge in [-0.05, 0) is 106 Å². The number of carboxylic acid groups (broad SMARTS) is 1. The summed E-state index contributed by atoms with van der Waals surface area (Å²) in [5.41, 5.74) is 3.37. The summed E-state index contributed by atoms with van der Waals surface area (Å²) in [6.45, 7) is 3.96. The number of nitrogens with one attached hydrogen (secondary N) is 1. The number of aromatic carboxylic acids is 1. The van der Waals surface area contributed by atoms with Gasteiger partial charge in [-0.3, -0.25) is 4.72 Å². The van der Waals surface area contributed by atoms with E-state index in [4.69, 9.17) is 0 Å². The summed E-state index contributed by atoms with van der Waals surface area (Å²) in [6.07, 6.45) is 9.99. The molecular weight excluding hydrogens is 462 g/mol. The highest BCUT2D eigenvalue weighted by molar-refractivity contribution is 7.92. The number of carboxylic acids is 1. The Morgan fingerprint density at radius 2 is 1.57 bits per heavy atom. The van der Waals surface area contributed by atoms with Crippen molar-refractivity contribution in [1.82, 2.24) is 4.90 Å². The second-order valence-electron chi connectivity index (χ2n) is 10.1. The standard InChI is InChI=1S/C27H35N3O4S/c31-27(32)25-19-22(28-35(33,34)24-10-8-20-6-2-3-7-21(20)18-24)9-11-26(25)30-16-12-23(13-17-30)29-14-4-1-5-15-29/h8-11,18-19,23,28H,1-7,12-17H2,(H,31,32). The summed E-state index contributed by atoms with van der Waals surface area (Å²) in [4.78, 5) is 17.1. The molecule has 2 aromatic rings. The zero-order valence-electron chi connectivity index (χ0n) is 20.2. The molecule has 0 amide bonds. The zero-order valence-corrected chi connectivity index (χ0v) is 21.0. The smallest absolute Gasteiger partial charge is 0.337 e. The van der Waals surface area contributed by atoms with E-state index in [-0.39, 0.29) is 16.1 Å². The lowest BCUT2D eigenvalue weighted by Crippen LogP contribution is -2.47. The molecular formula is C27H35N3O4S. The molecule has 0 spiro atoms. The Morgan fingerprint density at radius 1 is 0.857 bits per heavy atom. The van der Waals surface area contributed by atoms with Crippen molar-refractivity contribution in [2.24, 2.45) is 0 Å². The van der Waals surface area contributed by atoms with Crippen LogP contribution < -0.4 is 9.62 Å². The number of nitrogens with zero attached hydrogens (tertiary/aromatic N) is 2. The molecule has 0 unspecified atom stereocenters. The quantitative estimate of drug-likeness (QED) is 0.610. The summed E-state index contributed by atoms with van der Waals surface area (Å²) in [5.74, 6) is -1.05. The van der Waals surface area contributed by atoms with Crippen molar-refractivity contribution in [3.8, 4) is 0 Å². The van der Waals surface area contributed by atoms with Gasteiger partial charge in [0.05, 0.1) is 16.1 Å². The number of benzene rings is 2. The van der Waals surface area contributed by atoms with Gasteiger partial charge in [0.2, 0.25) is 0 Å². The van der Waals surface area contributed by atoms with Crippen LogP contribution in [0.1, 0.15) is 66.4 Å². The maximum absolute atomic E-state index is 13.1. The Bertz CT molecular complexity index is 1180. The van der Waals surface area contributed by atoms with Crippen LogP contribution in [-0.4, -0.2) is 56.6 Å². The normalized spacial score (nSPS) is 19.8. The van der Waals surface area contributed by atoms with Crippen LogP contribution >= 0.6 is 0 Å². The van der Waals surface area contributed by atoms with E-state index in [0.29, 0.717) is 11.7 Å². The molecule has 0 radical (unpaired) electrons. The lowest BCUT2D eigenvalue weighted by atomic mass is 9.92. The van der Waals surface area contributed by atoms with E-state index in [2.05, 4.69) is 14.5 Å². The third-order valence-electron chi connectivity index (χ3n) is 7.82. The number of hydrogen-bond acceptors (Lipinski definition) is 5. The molecule has 5 rings (SSSR count). The fourth-order valence-electron chi connectivity index (χ4n) is 5.89. The Hall–Kier alpha value is -2.58. The predicted molar refractivity (Wildman–Crippen MR) is 138 cm³/mol. The highest BCUT2D eigenvalue weighted by Crippen LogP contribution is 2.31. The van der Waals surface area contributed by atoms with Crippen LogP contribution in [0.2, 0.25) is 0 Å². The van der Waals surface area contributed by atoms with E-state index >= 15 is 0 Å². The molecule has 0 bridgehead atoms. The summed E-state index contributed by atoms with van der Waals surface area (Å²) in [5, 5.41) is 9.91. The highest BCUT2D eigenvalue weighted by Gasteiger charge is 2.28. The van der Waals surface area contributed by atoms with E-state index in [1.54, 1.807) is 24.3 Å². The van der Waals surface area contributed by atoms with E-state index in [1.165, 1.54) is 44.0 Å². The number of hydrogen-bond donors (Lipinski definition) is 2. The van der Waals surface area contributed by atoms with Crippen LogP contribution in [-0.2, 0) is 22.9 Å². The van der Waals surface area contributed by atoms with Gasteiger partial charge in [-0.25, -0.2) is 13.2 Å². The van der Waals surface area contributed by atoms with E-state index < -0.39 is 16.0 Å². The third-order valence-corrected chi connectivity index (χ3v) is 9.20. The topological polar surface area (TPSA) is 89.9 Å². The number of sulfonamides is 1. The van der Waals surface area contributed by atoms with Gasteiger partial charge in [0.15, 0.2) is 0 Å². The Kier molecular flexibility index (Phi) is 7.02. The molecule has 1 aliphatic carbocycles. The molecule has 7 nitrogen and oxygen atoms in total. The van der Waals surface area contributed by atoms with Crippen molar-refractivity contribution in [3.05, 3.63) is 53.1 Å². The number of piperidine rings is 2. The summed E-state index contributed by atoms with van der Waals surface area (Å²) < 4.78 is 28.7. The van der Waals surface area contributed by atoms with Gasteiger partial charge in [0, 0.05) is 24.8 Å². The third kappa shape index (κ3) is 5.33. The van der Waals surface area contributed by atoms with Crippen LogP contribution in [0.25, 0.3) is 0 Å². The second-order valence-corrected chi connectivity index (χ2v) is 11.8. The largest absolute Gasteiger partial charge is 0.478 e. The lowest BCUT2D eigenvalue weighted by Gasteiger charge is -2.41. The fourth-order valence-corrected chi connectivity index (χ4v) is 6.99. The van der Waals surface area contributed by atoms with Gasteiger partial charge >= 0.3 is 5.97 Å². The Morgan fingerprint density at radius 3 is 2.29 bits per heavy atom. The molecule has 2 aromatic carbocycles. The average Bonchev–Trinajstić information content (AvgIpc) is 2.89. The molecule has 2 fully saturated rings. The molecule has 0 atom stereocenters.